The Morgan fingerprint density at radius 3 is 2.13 bits per heavy atom. The number of unbranched alkanes of at least 4 members (excludes halogenated alkanes) is 3. The lowest BCUT2D eigenvalue weighted by Crippen LogP contribution is -2.31. The van der Waals surface area contributed by atoms with Crippen LogP contribution in [0.25, 0.3) is 0 Å². The van der Waals surface area contributed by atoms with Crippen LogP contribution in [0, 0.1) is 0 Å². The van der Waals surface area contributed by atoms with Crippen LogP contribution in [0.5, 0.6) is 0 Å². The van der Waals surface area contributed by atoms with E-state index in [0.29, 0.717) is 19.6 Å². The Morgan fingerprint density at radius 1 is 1.00 bits per heavy atom. The summed E-state index contributed by atoms with van der Waals surface area (Å²) in [6.45, 7) is 5.90. The molecule has 0 saturated heterocycles. The third-order valence-electron chi connectivity index (χ3n) is 3.93. The van der Waals surface area contributed by atoms with Crippen LogP contribution >= 0.6 is 0 Å². The Hall–Kier alpha value is -0.950. The van der Waals surface area contributed by atoms with E-state index in [1.807, 2.05) is 41.8 Å². The molecule has 23 heavy (non-hydrogen) atoms. The molecule has 0 fully saturated rings. The summed E-state index contributed by atoms with van der Waals surface area (Å²) >= 11 is 0. The predicted octanol–water partition coefficient (Wildman–Crippen LogP) is 0.184. The number of hydrogen-bond donors (Lipinski definition) is 4. The summed E-state index contributed by atoms with van der Waals surface area (Å²) in [5.41, 5.74) is 0. The van der Waals surface area contributed by atoms with Crippen molar-refractivity contribution in [2.24, 2.45) is 7.05 Å². The number of aromatic nitrogens is 2. The highest BCUT2D eigenvalue weighted by Crippen LogP contribution is 1.98. The van der Waals surface area contributed by atoms with Crippen LogP contribution in [-0.4, -0.2) is 53.2 Å². The van der Waals surface area contributed by atoms with E-state index in [0.717, 1.165) is 32.4 Å². The Labute approximate surface area is 140 Å². The van der Waals surface area contributed by atoms with E-state index < -0.39 is 0 Å². The van der Waals surface area contributed by atoms with E-state index in [-0.39, 0.29) is 12.2 Å². The highest BCUT2D eigenvalue weighted by Gasteiger charge is 2.08. The van der Waals surface area contributed by atoms with Crippen LogP contribution < -0.4 is 15.2 Å². The minimum Gasteiger partial charge on any atom is -0.392 e. The molecule has 4 N–H and O–H groups in total. The Bertz CT molecular complexity index is 398. The summed E-state index contributed by atoms with van der Waals surface area (Å²) in [6, 6.07) is 0. The molecule has 2 atom stereocenters. The second-order valence-corrected chi connectivity index (χ2v) is 6.31. The van der Waals surface area contributed by atoms with Crippen molar-refractivity contribution in [2.45, 2.75) is 57.8 Å². The zero-order valence-corrected chi connectivity index (χ0v) is 14.7. The Balaban J connectivity index is 1.86. The maximum Gasteiger partial charge on any atom is 0.243 e. The SMILES string of the molecule is CCC(O)CNCCCCCCNCC(O)Cn1cc[n+](C)c1. The van der Waals surface area contributed by atoms with Gasteiger partial charge in [-0.1, -0.05) is 19.8 Å². The van der Waals surface area contributed by atoms with Gasteiger partial charge in [-0.3, -0.25) is 0 Å². The molecule has 0 amide bonds. The minimum absolute atomic E-state index is 0.209. The molecule has 0 saturated carbocycles. The first-order valence-electron chi connectivity index (χ1n) is 8.90. The first-order valence-corrected chi connectivity index (χ1v) is 8.90. The van der Waals surface area contributed by atoms with Gasteiger partial charge in [0.1, 0.15) is 25.0 Å². The van der Waals surface area contributed by atoms with Gasteiger partial charge in [0.2, 0.25) is 6.33 Å². The molecule has 1 aromatic rings. The summed E-state index contributed by atoms with van der Waals surface area (Å²) in [5, 5.41) is 26.0. The van der Waals surface area contributed by atoms with E-state index in [1.54, 1.807) is 0 Å². The summed E-state index contributed by atoms with van der Waals surface area (Å²) in [7, 11) is 1.97. The number of rotatable bonds is 14. The second kappa shape index (κ2) is 12.5. The topological polar surface area (TPSA) is 73.3 Å². The molecular weight excluding hydrogens is 292 g/mol. The van der Waals surface area contributed by atoms with Crippen molar-refractivity contribution in [3.05, 3.63) is 18.7 Å². The summed E-state index contributed by atoms with van der Waals surface area (Å²) in [5.74, 6) is 0. The fraction of sp³-hybridized carbons (Fsp3) is 0.824. The van der Waals surface area contributed by atoms with Crippen LogP contribution in [0.2, 0.25) is 0 Å². The maximum absolute atomic E-state index is 9.96. The third kappa shape index (κ3) is 10.4. The number of imidazole rings is 1. The van der Waals surface area contributed by atoms with Gasteiger partial charge in [0.25, 0.3) is 0 Å². The molecule has 1 heterocycles. The van der Waals surface area contributed by atoms with E-state index in [9.17, 15) is 10.2 Å². The average Bonchev–Trinajstić information content (AvgIpc) is 2.93. The first kappa shape index (κ1) is 20.1. The van der Waals surface area contributed by atoms with Gasteiger partial charge in [0.05, 0.1) is 13.2 Å². The van der Waals surface area contributed by atoms with E-state index >= 15 is 0 Å². The van der Waals surface area contributed by atoms with Crippen LogP contribution in [0.1, 0.15) is 39.0 Å². The smallest absolute Gasteiger partial charge is 0.243 e. The largest absolute Gasteiger partial charge is 0.392 e. The van der Waals surface area contributed by atoms with Gasteiger partial charge in [0.15, 0.2) is 0 Å². The lowest BCUT2D eigenvalue weighted by Gasteiger charge is -2.10. The quantitative estimate of drug-likeness (QED) is 0.291. The molecule has 0 bridgehead atoms. The number of nitrogens with one attached hydrogen (secondary N) is 2. The van der Waals surface area contributed by atoms with Crippen molar-refractivity contribution >= 4 is 0 Å². The van der Waals surface area contributed by atoms with E-state index in [1.165, 1.54) is 12.8 Å². The van der Waals surface area contributed by atoms with Crippen molar-refractivity contribution in [1.82, 2.24) is 15.2 Å². The van der Waals surface area contributed by atoms with Crippen molar-refractivity contribution in [3.63, 3.8) is 0 Å². The zero-order valence-electron chi connectivity index (χ0n) is 14.7. The Morgan fingerprint density at radius 2 is 1.61 bits per heavy atom. The molecule has 134 valence electrons. The molecule has 2 unspecified atom stereocenters. The minimum atomic E-state index is -0.350. The van der Waals surface area contributed by atoms with Crippen molar-refractivity contribution in [3.8, 4) is 0 Å². The highest BCUT2D eigenvalue weighted by atomic mass is 16.3. The number of aliphatic hydroxyl groups is 2. The maximum atomic E-state index is 9.96. The molecule has 0 aliphatic rings. The first-order chi connectivity index (χ1) is 11.1. The molecule has 0 aromatic carbocycles. The fourth-order valence-electron chi connectivity index (χ4n) is 2.45. The number of aliphatic hydroxyl groups excluding tert-OH is 2. The molecule has 6 heteroatoms. The molecule has 0 radical (unpaired) electrons. The van der Waals surface area contributed by atoms with Gasteiger partial charge in [-0.05, 0) is 32.4 Å². The van der Waals surface area contributed by atoms with Crippen LogP contribution in [0.3, 0.4) is 0 Å². The molecule has 0 aliphatic carbocycles. The fourth-order valence-corrected chi connectivity index (χ4v) is 2.45. The van der Waals surface area contributed by atoms with Crippen molar-refractivity contribution in [2.75, 3.05) is 26.2 Å². The third-order valence-corrected chi connectivity index (χ3v) is 3.93. The monoisotopic (exact) mass is 327 g/mol. The lowest BCUT2D eigenvalue weighted by atomic mass is 10.2. The molecular formula is C17H35N4O2+. The number of hydrogen-bond acceptors (Lipinski definition) is 4. The molecule has 6 nitrogen and oxygen atoms in total. The van der Waals surface area contributed by atoms with Crippen molar-refractivity contribution in [1.29, 1.82) is 0 Å². The zero-order chi connectivity index (χ0) is 16.9. The second-order valence-electron chi connectivity index (χ2n) is 6.31. The van der Waals surface area contributed by atoms with Gasteiger partial charge in [-0.15, -0.1) is 0 Å². The molecule has 0 aliphatic heterocycles. The normalized spacial score (nSPS) is 14.1. The predicted molar refractivity (Wildman–Crippen MR) is 92.1 cm³/mol. The van der Waals surface area contributed by atoms with Crippen LogP contribution in [0.15, 0.2) is 18.7 Å². The van der Waals surface area contributed by atoms with E-state index in [4.69, 9.17) is 0 Å². The molecule has 0 spiro atoms. The molecule has 1 aromatic heterocycles. The van der Waals surface area contributed by atoms with Gasteiger partial charge >= 0.3 is 0 Å². The van der Waals surface area contributed by atoms with Gasteiger partial charge in [-0.25, -0.2) is 9.13 Å². The average molecular weight is 327 g/mol. The highest BCUT2D eigenvalue weighted by molar-refractivity contribution is 4.70. The van der Waals surface area contributed by atoms with E-state index in [2.05, 4.69) is 10.6 Å². The Kier molecular flexibility index (Phi) is 10.9. The summed E-state index contributed by atoms with van der Waals surface area (Å²) < 4.78 is 3.97. The van der Waals surface area contributed by atoms with Gasteiger partial charge in [-0.2, -0.15) is 0 Å². The number of nitrogens with zero attached hydrogens (tertiary/aromatic N) is 2. The standard InChI is InChI=1S/C17H35N4O2/c1-3-16(22)12-18-8-6-4-5-7-9-19-13-17(23)14-21-11-10-20(2)15-21/h10-11,15-19,22-23H,3-9,12-14H2,1-2H3/q+1. The van der Waals surface area contributed by atoms with Crippen LogP contribution in [-0.2, 0) is 13.6 Å². The van der Waals surface area contributed by atoms with Gasteiger partial charge in [0, 0.05) is 13.1 Å². The summed E-state index contributed by atoms with van der Waals surface area (Å²) in [4.78, 5) is 0. The number of aryl methyl sites for hydroxylation is 1. The lowest BCUT2D eigenvalue weighted by molar-refractivity contribution is -0.671. The van der Waals surface area contributed by atoms with Gasteiger partial charge < -0.3 is 20.8 Å². The summed E-state index contributed by atoms with van der Waals surface area (Å²) in [6.07, 6.45) is 10.9. The molecule has 1 rings (SSSR count). The van der Waals surface area contributed by atoms with Crippen molar-refractivity contribution < 1.29 is 14.8 Å². The van der Waals surface area contributed by atoms with Crippen LogP contribution in [0.4, 0.5) is 0 Å².